The van der Waals surface area contributed by atoms with Crippen LogP contribution >= 0.6 is 0 Å². The summed E-state index contributed by atoms with van der Waals surface area (Å²) in [6, 6.07) is 9.70. The van der Waals surface area contributed by atoms with Gasteiger partial charge in [-0.05, 0) is 32.8 Å². The second kappa shape index (κ2) is 4.37. The third-order valence-electron chi connectivity index (χ3n) is 4.18. The molecule has 19 heavy (non-hydrogen) atoms. The van der Waals surface area contributed by atoms with E-state index in [4.69, 9.17) is 0 Å². The van der Waals surface area contributed by atoms with Crippen molar-refractivity contribution >= 4 is 11.9 Å². The molecule has 1 N–H and O–H groups in total. The fourth-order valence-corrected chi connectivity index (χ4v) is 2.58. The molecule has 1 aliphatic rings. The predicted molar refractivity (Wildman–Crippen MR) is 71.5 cm³/mol. The molecule has 1 saturated heterocycles. The smallest absolute Gasteiger partial charge is 0.318 e. The number of amides is 1. The maximum atomic E-state index is 12.4. The first kappa shape index (κ1) is 13.6. The lowest BCUT2D eigenvalue weighted by molar-refractivity contribution is -0.156. The summed E-state index contributed by atoms with van der Waals surface area (Å²) in [6.45, 7) is 5.89. The molecule has 0 radical (unpaired) electrons. The van der Waals surface area contributed by atoms with Crippen LogP contribution in [0.25, 0.3) is 0 Å². The van der Waals surface area contributed by atoms with E-state index in [1.165, 1.54) is 6.92 Å². The zero-order chi connectivity index (χ0) is 14.3. The standard InChI is InChI=1S/C15H19NO3/c1-14(2,11-7-5-4-6-8-11)16-10-9-15(3,12(16)17)13(18)19/h4-8H,9-10H2,1-3H3,(H,18,19). The molecule has 2 rings (SSSR count). The molecule has 0 aliphatic carbocycles. The molecule has 1 unspecified atom stereocenters. The van der Waals surface area contributed by atoms with Gasteiger partial charge in [0, 0.05) is 6.54 Å². The van der Waals surface area contributed by atoms with E-state index < -0.39 is 16.9 Å². The van der Waals surface area contributed by atoms with Gasteiger partial charge in [-0.3, -0.25) is 9.59 Å². The van der Waals surface area contributed by atoms with E-state index in [0.717, 1.165) is 5.56 Å². The first-order valence-electron chi connectivity index (χ1n) is 6.41. The number of nitrogens with zero attached hydrogens (tertiary/aromatic N) is 1. The number of carboxylic acids is 1. The van der Waals surface area contributed by atoms with E-state index in [2.05, 4.69) is 0 Å². The number of carbonyl (C=O) groups excluding carboxylic acids is 1. The molecule has 1 amide bonds. The number of likely N-dealkylation sites (tertiary alicyclic amines) is 1. The van der Waals surface area contributed by atoms with Crippen molar-refractivity contribution in [3.05, 3.63) is 35.9 Å². The number of carbonyl (C=O) groups is 2. The Morgan fingerprint density at radius 1 is 1.32 bits per heavy atom. The third kappa shape index (κ3) is 2.01. The molecule has 1 aromatic carbocycles. The molecule has 1 aromatic rings. The first-order chi connectivity index (χ1) is 8.80. The van der Waals surface area contributed by atoms with Gasteiger partial charge in [0.1, 0.15) is 5.41 Å². The minimum absolute atomic E-state index is 0.297. The largest absolute Gasteiger partial charge is 0.480 e. The second-order valence-electron chi connectivity index (χ2n) is 5.77. The van der Waals surface area contributed by atoms with Gasteiger partial charge in [0.2, 0.25) is 5.91 Å². The van der Waals surface area contributed by atoms with Crippen LogP contribution in [-0.2, 0) is 15.1 Å². The SMILES string of the molecule is CC1(C(=O)O)CCN(C(C)(C)c2ccccc2)C1=O. The van der Waals surface area contributed by atoms with E-state index >= 15 is 0 Å². The van der Waals surface area contributed by atoms with Crippen LogP contribution in [-0.4, -0.2) is 28.4 Å². The highest BCUT2D eigenvalue weighted by Crippen LogP contribution is 2.39. The Bertz CT molecular complexity index is 509. The quantitative estimate of drug-likeness (QED) is 0.849. The highest BCUT2D eigenvalue weighted by molar-refractivity contribution is 6.03. The minimum atomic E-state index is -1.29. The summed E-state index contributed by atoms with van der Waals surface area (Å²) >= 11 is 0. The van der Waals surface area contributed by atoms with Crippen molar-refractivity contribution in [1.82, 2.24) is 4.90 Å². The van der Waals surface area contributed by atoms with Crippen molar-refractivity contribution in [3.8, 4) is 0 Å². The number of rotatable bonds is 3. The lowest BCUT2D eigenvalue weighted by Crippen LogP contribution is -2.46. The summed E-state index contributed by atoms with van der Waals surface area (Å²) in [5, 5.41) is 9.25. The minimum Gasteiger partial charge on any atom is -0.480 e. The molecular weight excluding hydrogens is 242 g/mol. The van der Waals surface area contributed by atoms with Crippen LogP contribution in [0.4, 0.5) is 0 Å². The predicted octanol–water partition coefficient (Wildman–Crippen LogP) is 2.24. The zero-order valence-electron chi connectivity index (χ0n) is 11.5. The van der Waals surface area contributed by atoms with Crippen molar-refractivity contribution < 1.29 is 14.7 Å². The van der Waals surface area contributed by atoms with Gasteiger partial charge in [0.25, 0.3) is 0 Å². The molecule has 0 saturated carbocycles. The van der Waals surface area contributed by atoms with Crippen LogP contribution in [0.2, 0.25) is 0 Å². The Labute approximate surface area is 113 Å². The number of carboxylic acid groups (broad SMARTS) is 1. The maximum Gasteiger partial charge on any atom is 0.318 e. The van der Waals surface area contributed by atoms with Crippen LogP contribution in [0.15, 0.2) is 30.3 Å². The van der Waals surface area contributed by atoms with Gasteiger partial charge in [-0.2, -0.15) is 0 Å². The van der Waals surface area contributed by atoms with Crippen molar-refractivity contribution in [2.24, 2.45) is 5.41 Å². The Balaban J connectivity index is 2.34. The summed E-state index contributed by atoms with van der Waals surface area (Å²) in [5.74, 6) is -1.34. The number of hydrogen-bond donors (Lipinski definition) is 1. The Morgan fingerprint density at radius 2 is 1.89 bits per heavy atom. The van der Waals surface area contributed by atoms with Crippen LogP contribution in [0, 0.1) is 5.41 Å². The molecule has 1 heterocycles. The molecule has 0 spiro atoms. The maximum absolute atomic E-state index is 12.4. The van der Waals surface area contributed by atoms with E-state index in [1.807, 2.05) is 44.2 Å². The highest BCUT2D eigenvalue weighted by atomic mass is 16.4. The van der Waals surface area contributed by atoms with Gasteiger partial charge in [0.05, 0.1) is 5.54 Å². The second-order valence-corrected chi connectivity index (χ2v) is 5.77. The van der Waals surface area contributed by atoms with Crippen LogP contribution < -0.4 is 0 Å². The average molecular weight is 261 g/mol. The van der Waals surface area contributed by atoms with E-state index in [0.29, 0.717) is 13.0 Å². The van der Waals surface area contributed by atoms with Crippen molar-refractivity contribution in [1.29, 1.82) is 0 Å². The number of aliphatic carboxylic acids is 1. The molecule has 1 fully saturated rings. The van der Waals surface area contributed by atoms with Gasteiger partial charge >= 0.3 is 5.97 Å². The molecule has 0 aromatic heterocycles. The molecule has 4 heteroatoms. The fraction of sp³-hybridized carbons (Fsp3) is 0.467. The van der Waals surface area contributed by atoms with Gasteiger partial charge in [-0.15, -0.1) is 0 Å². The van der Waals surface area contributed by atoms with E-state index in [9.17, 15) is 14.7 Å². The topological polar surface area (TPSA) is 57.6 Å². The fourth-order valence-electron chi connectivity index (χ4n) is 2.58. The Kier molecular flexibility index (Phi) is 3.12. The summed E-state index contributed by atoms with van der Waals surface area (Å²) in [7, 11) is 0. The molecule has 4 nitrogen and oxygen atoms in total. The lowest BCUT2D eigenvalue weighted by Gasteiger charge is -2.37. The molecular formula is C15H19NO3. The summed E-state index contributed by atoms with van der Waals surface area (Å²) in [5.41, 5.74) is -0.768. The van der Waals surface area contributed by atoms with Gasteiger partial charge in [-0.1, -0.05) is 30.3 Å². The van der Waals surface area contributed by atoms with E-state index in [1.54, 1.807) is 4.90 Å². The third-order valence-corrected chi connectivity index (χ3v) is 4.18. The summed E-state index contributed by atoms with van der Waals surface area (Å²) < 4.78 is 0. The van der Waals surface area contributed by atoms with E-state index in [-0.39, 0.29) is 5.91 Å². The summed E-state index contributed by atoms with van der Waals surface area (Å²) in [4.78, 5) is 25.4. The number of benzene rings is 1. The Hall–Kier alpha value is -1.84. The van der Waals surface area contributed by atoms with Gasteiger partial charge in [-0.25, -0.2) is 0 Å². The zero-order valence-corrected chi connectivity index (χ0v) is 11.5. The van der Waals surface area contributed by atoms with Crippen LogP contribution in [0.5, 0.6) is 0 Å². The average Bonchev–Trinajstić information content (AvgIpc) is 2.69. The normalized spacial score (nSPS) is 23.7. The monoisotopic (exact) mass is 261 g/mol. The molecule has 102 valence electrons. The number of hydrogen-bond acceptors (Lipinski definition) is 2. The molecule has 1 aliphatic heterocycles. The lowest BCUT2D eigenvalue weighted by atomic mass is 9.88. The van der Waals surface area contributed by atoms with Crippen LogP contribution in [0.1, 0.15) is 32.8 Å². The Morgan fingerprint density at radius 3 is 2.37 bits per heavy atom. The highest BCUT2D eigenvalue weighted by Gasteiger charge is 2.52. The van der Waals surface area contributed by atoms with Gasteiger partial charge < -0.3 is 10.0 Å². The molecule has 1 atom stereocenters. The molecule has 0 bridgehead atoms. The summed E-state index contributed by atoms with van der Waals surface area (Å²) in [6.07, 6.45) is 0.359. The first-order valence-corrected chi connectivity index (χ1v) is 6.41. The van der Waals surface area contributed by atoms with Crippen molar-refractivity contribution in [2.75, 3.05) is 6.54 Å². The van der Waals surface area contributed by atoms with Crippen LogP contribution in [0.3, 0.4) is 0 Å². The van der Waals surface area contributed by atoms with Crippen molar-refractivity contribution in [2.45, 2.75) is 32.7 Å². The van der Waals surface area contributed by atoms with Gasteiger partial charge in [0.15, 0.2) is 0 Å². The van der Waals surface area contributed by atoms with Crippen molar-refractivity contribution in [3.63, 3.8) is 0 Å².